The highest BCUT2D eigenvalue weighted by molar-refractivity contribution is 6.09. The van der Waals surface area contributed by atoms with Gasteiger partial charge in [0.2, 0.25) is 0 Å². The number of carbonyl (C=O) groups excluding carboxylic acids is 2. The van der Waals surface area contributed by atoms with Gasteiger partial charge in [-0.25, -0.2) is 0 Å². The van der Waals surface area contributed by atoms with Gasteiger partial charge in [0.15, 0.2) is 5.78 Å². The van der Waals surface area contributed by atoms with E-state index in [9.17, 15) is 14.7 Å². The lowest BCUT2D eigenvalue weighted by Crippen LogP contribution is -2.09. The maximum absolute atomic E-state index is 11.9. The number of Topliss-reactive ketones (excluding diaryl/α,β-unsaturated/α-hetero) is 2. The fourth-order valence-corrected chi connectivity index (χ4v) is 2.00. The Morgan fingerprint density at radius 1 is 0.900 bits per heavy atom. The molecule has 0 saturated heterocycles. The van der Waals surface area contributed by atoms with E-state index in [1.54, 1.807) is 12.1 Å². The molecule has 0 amide bonds. The van der Waals surface area contributed by atoms with E-state index in [1.165, 1.54) is 12.1 Å². The van der Waals surface area contributed by atoms with Crippen LogP contribution in [0.2, 0.25) is 0 Å². The highest BCUT2D eigenvalue weighted by Gasteiger charge is 2.14. The van der Waals surface area contributed by atoms with E-state index in [0.29, 0.717) is 12.8 Å². The van der Waals surface area contributed by atoms with Crippen molar-refractivity contribution in [3.63, 3.8) is 0 Å². The predicted molar refractivity (Wildman–Crippen MR) is 76.8 cm³/mol. The molecule has 0 spiro atoms. The molecule has 0 aliphatic heterocycles. The van der Waals surface area contributed by atoms with Crippen molar-refractivity contribution in [1.29, 1.82) is 0 Å². The molecule has 3 nitrogen and oxygen atoms in total. The monoisotopic (exact) mass is 268 g/mol. The Morgan fingerprint density at radius 3 is 2.25 bits per heavy atom. The van der Waals surface area contributed by atoms with Crippen molar-refractivity contribution in [2.75, 3.05) is 0 Å². The van der Waals surface area contributed by atoms with Crippen LogP contribution in [-0.2, 0) is 11.2 Å². The van der Waals surface area contributed by atoms with E-state index in [4.69, 9.17) is 0 Å². The van der Waals surface area contributed by atoms with Crippen LogP contribution in [0.5, 0.6) is 5.75 Å². The third-order valence-corrected chi connectivity index (χ3v) is 3.10. The second kappa shape index (κ2) is 6.66. The maximum Gasteiger partial charge on any atom is 0.173 e. The second-order valence-corrected chi connectivity index (χ2v) is 4.64. The molecule has 0 aromatic heterocycles. The van der Waals surface area contributed by atoms with Gasteiger partial charge >= 0.3 is 0 Å². The van der Waals surface area contributed by atoms with E-state index < -0.39 is 0 Å². The minimum Gasteiger partial charge on any atom is -0.507 e. The fraction of sp³-hybridized carbons (Fsp3) is 0.176. The molecule has 0 fully saturated rings. The van der Waals surface area contributed by atoms with Gasteiger partial charge in [-0.3, -0.25) is 9.59 Å². The molecule has 0 saturated carbocycles. The van der Waals surface area contributed by atoms with Crippen LogP contribution in [0.15, 0.2) is 54.6 Å². The Hall–Kier alpha value is -2.42. The van der Waals surface area contributed by atoms with Gasteiger partial charge in [0.05, 0.1) is 12.0 Å². The Kier molecular flexibility index (Phi) is 4.66. The number of para-hydroxylation sites is 1. The molecule has 20 heavy (non-hydrogen) atoms. The number of rotatable bonds is 6. The molecule has 2 aromatic rings. The Labute approximate surface area is 117 Å². The zero-order chi connectivity index (χ0) is 14.4. The average molecular weight is 268 g/mol. The smallest absolute Gasteiger partial charge is 0.173 e. The summed E-state index contributed by atoms with van der Waals surface area (Å²) in [4.78, 5) is 23.7. The largest absolute Gasteiger partial charge is 0.507 e. The van der Waals surface area contributed by atoms with Crippen LogP contribution in [0.3, 0.4) is 0 Å². The Bertz CT molecular complexity index is 603. The highest BCUT2D eigenvalue weighted by atomic mass is 16.3. The molecule has 1 N–H and O–H groups in total. The lowest BCUT2D eigenvalue weighted by Gasteiger charge is -2.03. The maximum atomic E-state index is 11.9. The number of phenolic OH excluding ortho intramolecular Hbond substituents is 1. The van der Waals surface area contributed by atoms with Gasteiger partial charge in [-0.2, -0.15) is 0 Å². The van der Waals surface area contributed by atoms with Gasteiger partial charge in [0.25, 0.3) is 0 Å². The second-order valence-electron chi connectivity index (χ2n) is 4.64. The first-order valence-corrected chi connectivity index (χ1v) is 6.53. The number of hydrogen-bond acceptors (Lipinski definition) is 3. The zero-order valence-electron chi connectivity index (χ0n) is 11.1. The third kappa shape index (κ3) is 3.79. The molecule has 0 bridgehead atoms. The molecule has 0 aliphatic carbocycles. The van der Waals surface area contributed by atoms with Crippen LogP contribution in [0.1, 0.15) is 28.8 Å². The summed E-state index contributed by atoms with van der Waals surface area (Å²) in [5.41, 5.74) is 1.29. The number of aromatic hydroxyl groups is 1. The summed E-state index contributed by atoms with van der Waals surface area (Å²) in [7, 11) is 0. The van der Waals surface area contributed by atoms with E-state index in [0.717, 1.165) is 5.56 Å². The molecule has 0 radical (unpaired) electrons. The molecule has 102 valence electrons. The summed E-state index contributed by atoms with van der Waals surface area (Å²) in [5, 5.41) is 9.57. The van der Waals surface area contributed by atoms with E-state index in [1.807, 2.05) is 30.3 Å². The van der Waals surface area contributed by atoms with Gasteiger partial charge in [-0.05, 0) is 24.1 Å². The fourth-order valence-electron chi connectivity index (χ4n) is 2.00. The number of ketones is 2. The number of aryl methyl sites for hydroxylation is 1. The van der Waals surface area contributed by atoms with Gasteiger partial charge < -0.3 is 5.11 Å². The molecule has 0 unspecified atom stereocenters. The summed E-state index contributed by atoms with van der Waals surface area (Å²) >= 11 is 0. The quantitative estimate of drug-likeness (QED) is 0.646. The van der Waals surface area contributed by atoms with Crippen molar-refractivity contribution in [2.24, 2.45) is 0 Å². The molecule has 0 heterocycles. The number of phenols is 1. The van der Waals surface area contributed by atoms with Gasteiger partial charge in [0.1, 0.15) is 11.5 Å². The first-order valence-electron chi connectivity index (χ1n) is 6.53. The molecule has 0 atom stereocenters. The summed E-state index contributed by atoms with van der Waals surface area (Å²) in [6.07, 6.45) is 0.807. The lowest BCUT2D eigenvalue weighted by atomic mass is 10.0. The Morgan fingerprint density at radius 2 is 1.55 bits per heavy atom. The van der Waals surface area contributed by atoms with Crippen molar-refractivity contribution in [1.82, 2.24) is 0 Å². The van der Waals surface area contributed by atoms with Gasteiger partial charge in [-0.1, -0.05) is 42.5 Å². The summed E-state index contributed by atoms with van der Waals surface area (Å²) in [6.45, 7) is 0. The molecular formula is C17H16O3. The summed E-state index contributed by atoms with van der Waals surface area (Å²) in [5.74, 6) is -0.517. The Balaban J connectivity index is 1.89. The van der Waals surface area contributed by atoms with Crippen molar-refractivity contribution in [2.45, 2.75) is 19.3 Å². The predicted octanol–water partition coefficient (Wildman–Crippen LogP) is 3.17. The third-order valence-electron chi connectivity index (χ3n) is 3.10. The topological polar surface area (TPSA) is 54.4 Å². The summed E-state index contributed by atoms with van der Waals surface area (Å²) in [6, 6.07) is 16.0. The zero-order valence-corrected chi connectivity index (χ0v) is 11.1. The van der Waals surface area contributed by atoms with Crippen LogP contribution >= 0.6 is 0 Å². The van der Waals surface area contributed by atoms with Crippen LogP contribution in [0.25, 0.3) is 0 Å². The van der Waals surface area contributed by atoms with Crippen molar-refractivity contribution >= 4 is 11.6 Å². The molecular weight excluding hydrogens is 252 g/mol. The van der Waals surface area contributed by atoms with Crippen LogP contribution < -0.4 is 0 Å². The van der Waals surface area contributed by atoms with E-state index in [-0.39, 0.29) is 29.3 Å². The van der Waals surface area contributed by atoms with Gasteiger partial charge in [0, 0.05) is 6.42 Å². The molecule has 3 heteroatoms. The van der Waals surface area contributed by atoms with Gasteiger partial charge in [-0.15, -0.1) is 0 Å². The average Bonchev–Trinajstić information content (AvgIpc) is 2.46. The molecule has 0 aliphatic rings. The number of carbonyl (C=O) groups is 2. The SMILES string of the molecule is O=C(CCc1ccccc1)CC(=O)c1ccccc1O. The minimum absolute atomic E-state index is 0.0756. The van der Waals surface area contributed by atoms with Crippen LogP contribution in [0, 0.1) is 0 Å². The molecule has 2 aromatic carbocycles. The normalized spacial score (nSPS) is 10.2. The number of benzene rings is 2. The van der Waals surface area contributed by atoms with E-state index in [2.05, 4.69) is 0 Å². The van der Waals surface area contributed by atoms with Crippen molar-refractivity contribution in [3.8, 4) is 5.75 Å². The first kappa shape index (κ1) is 14.0. The first-order chi connectivity index (χ1) is 9.66. The summed E-state index contributed by atoms with van der Waals surface area (Å²) < 4.78 is 0. The van der Waals surface area contributed by atoms with E-state index >= 15 is 0 Å². The van der Waals surface area contributed by atoms with Crippen molar-refractivity contribution in [3.05, 3.63) is 65.7 Å². The lowest BCUT2D eigenvalue weighted by molar-refractivity contribution is -0.118. The van der Waals surface area contributed by atoms with Crippen molar-refractivity contribution < 1.29 is 14.7 Å². The van der Waals surface area contributed by atoms with Crippen LogP contribution in [0.4, 0.5) is 0 Å². The van der Waals surface area contributed by atoms with Crippen LogP contribution in [-0.4, -0.2) is 16.7 Å². The number of hydrogen-bond donors (Lipinski definition) is 1. The minimum atomic E-state index is -0.332. The highest BCUT2D eigenvalue weighted by Crippen LogP contribution is 2.18. The standard InChI is InChI=1S/C17H16O3/c18-14(11-10-13-6-2-1-3-7-13)12-17(20)15-8-4-5-9-16(15)19/h1-9,19H,10-12H2. The molecule has 2 rings (SSSR count).